The molecule has 3 aromatic carbocycles. The van der Waals surface area contributed by atoms with Crippen molar-refractivity contribution in [2.24, 2.45) is 0 Å². The zero-order valence-electron chi connectivity index (χ0n) is 14.8. The number of anilines is 3. The largest absolute Gasteiger partial charge is 0.399 e. The van der Waals surface area contributed by atoms with Crippen molar-refractivity contribution in [1.82, 2.24) is 0 Å². The molecule has 25 heavy (non-hydrogen) atoms. The summed E-state index contributed by atoms with van der Waals surface area (Å²) in [5.74, 6) is 0. The Balaban J connectivity index is 1.85. The number of nitrogens with two attached hydrogens (primary N) is 3. The van der Waals surface area contributed by atoms with E-state index in [2.05, 4.69) is 38.1 Å². The van der Waals surface area contributed by atoms with Gasteiger partial charge < -0.3 is 17.2 Å². The molecular formula is C22H25N3. The summed E-state index contributed by atoms with van der Waals surface area (Å²) in [5, 5.41) is 0. The minimum atomic E-state index is 0.777. The van der Waals surface area contributed by atoms with E-state index >= 15 is 0 Å². The maximum Gasteiger partial charge on any atom is 0.0373 e. The first-order chi connectivity index (χ1) is 11.9. The summed E-state index contributed by atoms with van der Waals surface area (Å²) in [6.07, 6.45) is 1.68. The summed E-state index contributed by atoms with van der Waals surface area (Å²) in [5.41, 5.74) is 27.6. The van der Waals surface area contributed by atoms with Crippen molar-refractivity contribution < 1.29 is 0 Å². The molecule has 128 valence electrons. The molecule has 0 aliphatic carbocycles. The third-order valence-corrected chi connectivity index (χ3v) is 4.64. The van der Waals surface area contributed by atoms with E-state index in [0.717, 1.165) is 46.6 Å². The smallest absolute Gasteiger partial charge is 0.0373 e. The summed E-state index contributed by atoms with van der Waals surface area (Å²) in [7, 11) is 0. The molecule has 0 atom stereocenters. The van der Waals surface area contributed by atoms with Crippen LogP contribution in [-0.4, -0.2) is 0 Å². The lowest BCUT2D eigenvalue weighted by atomic mass is 9.96. The van der Waals surface area contributed by atoms with E-state index in [1.165, 1.54) is 16.7 Å². The number of hydrogen-bond donors (Lipinski definition) is 3. The second-order valence-corrected chi connectivity index (χ2v) is 6.77. The van der Waals surface area contributed by atoms with Crippen molar-refractivity contribution >= 4 is 17.1 Å². The predicted molar refractivity (Wildman–Crippen MR) is 108 cm³/mol. The maximum atomic E-state index is 6.19. The quantitative estimate of drug-likeness (QED) is 0.626. The molecular weight excluding hydrogens is 306 g/mol. The van der Waals surface area contributed by atoms with Gasteiger partial charge >= 0.3 is 0 Å². The van der Waals surface area contributed by atoms with Crippen LogP contribution in [0.4, 0.5) is 17.1 Å². The van der Waals surface area contributed by atoms with Gasteiger partial charge in [-0.25, -0.2) is 0 Å². The van der Waals surface area contributed by atoms with Crippen LogP contribution in [0.5, 0.6) is 0 Å². The molecule has 0 fully saturated rings. The van der Waals surface area contributed by atoms with Gasteiger partial charge in [-0.3, -0.25) is 0 Å². The van der Waals surface area contributed by atoms with Crippen molar-refractivity contribution in [3.63, 3.8) is 0 Å². The molecule has 0 amide bonds. The Bertz CT molecular complexity index is 873. The van der Waals surface area contributed by atoms with Crippen molar-refractivity contribution in [3.05, 3.63) is 88.0 Å². The molecule has 0 spiro atoms. The van der Waals surface area contributed by atoms with Crippen LogP contribution < -0.4 is 17.2 Å². The first-order valence-corrected chi connectivity index (χ1v) is 8.49. The molecule has 3 rings (SSSR count). The highest BCUT2D eigenvalue weighted by Gasteiger charge is 2.06. The third-order valence-electron chi connectivity index (χ3n) is 4.64. The van der Waals surface area contributed by atoms with E-state index in [1.54, 1.807) is 0 Å². The summed E-state index contributed by atoms with van der Waals surface area (Å²) in [4.78, 5) is 0. The minimum Gasteiger partial charge on any atom is -0.399 e. The third kappa shape index (κ3) is 3.94. The Morgan fingerprint density at radius 1 is 0.640 bits per heavy atom. The highest BCUT2D eigenvalue weighted by molar-refractivity contribution is 5.56. The predicted octanol–water partition coefficient (Wildman–Crippen LogP) is 4.23. The molecule has 0 radical (unpaired) electrons. The highest BCUT2D eigenvalue weighted by Crippen LogP contribution is 2.24. The van der Waals surface area contributed by atoms with Gasteiger partial charge in [0, 0.05) is 17.1 Å². The second kappa shape index (κ2) is 6.89. The zero-order chi connectivity index (χ0) is 18.0. The zero-order valence-corrected chi connectivity index (χ0v) is 14.8. The molecule has 0 aromatic heterocycles. The first-order valence-electron chi connectivity index (χ1n) is 8.49. The molecule has 0 saturated heterocycles. The van der Waals surface area contributed by atoms with E-state index in [9.17, 15) is 0 Å². The molecule has 0 aliphatic heterocycles. The van der Waals surface area contributed by atoms with Crippen LogP contribution in [0, 0.1) is 13.8 Å². The Morgan fingerprint density at radius 3 is 1.88 bits per heavy atom. The van der Waals surface area contributed by atoms with Gasteiger partial charge in [-0.1, -0.05) is 36.4 Å². The van der Waals surface area contributed by atoms with Gasteiger partial charge in [-0.2, -0.15) is 0 Å². The Hall–Kier alpha value is -2.94. The van der Waals surface area contributed by atoms with E-state index in [4.69, 9.17) is 17.2 Å². The number of aryl methyl sites for hydroxylation is 2. The van der Waals surface area contributed by atoms with Gasteiger partial charge in [0.15, 0.2) is 0 Å². The monoisotopic (exact) mass is 331 g/mol. The summed E-state index contributed by atoms with van der Waals surface area (Å²) < 4.78 is 0. The minimum absolute atomic E-state index is 0.777. The molecule has 0 unspecified atom stereocenters. The first kappa shape index (κ1) is 16.9. The molecule has 3 nitrogen and oxygen atoms in total. The molecule has 3 heteroatoms. The van der Waals surface area contributed by atoms with Crippen LogP contribution in [-0.2, 0) is 12.8 Å². The van der Waals surface area contributed by atoms with Crippen LogP contribution in [0.2, 0.25) is 0 Å². The van der Waals surface area contributed by atoms with Crippen LogP contribution in [0.1, 0.15) is 33.4 Å². The molecule has 6 N–H and O–H groups in total. The van der Waals surface area contributed by atoms with Gasteiger partial charge in [-0.05, 0) is 78.3 Å². The van der Waals surface area contributed by atoms with Gasteiger partial charge in [0.25, 0.3) is 0 Å². The fourth-order valence-electron chi connectivity index (χ4n) is 3.18. The van der Waals surface area contributed by atoms with E-state index in [1.807, 2.05) is 30.3 Å². The average Bonchev–Trinajstić information content (AvgIpc) is 2.57. The normalized spacial score (nSPS) is 10.8. The second-order valence-electron chi connectivity index (χ2n) is 6.77. The lowest BCUT2D eigenvalue weighted by Gasteiger charge is -2.12. The topological polar surface area (TPSA) is 78.1 Å². The van der Waals surface area contributed by atoms with Crippen molar-refractivity contribution in [3.8, 4) is 0 Å². The Kier molecular flexibility index (Phi) is 4.66. The molecule has 0 saturated carbocycles. The molecule has 0 heterocycles. The lowest BCUT2D eigenvalue weighted by molar-refractivity contribution is 1.13. The van der Waals surface area contributed by atoms with Crippen molar-refractivity contribution in [2.45, 2.75) is 26.7 Å². The van der Waals surface area contributed by atoms with Crippen LogP contribution in [0.15, 0.2) is 54.6 Å². The fraction of sp³-hybridized carbons (Fsp3) is 0.182. The number of rotatable bonds is 4. The van der Waals surface area contributed by atoms with Gasteiger partial charge in [0.05, 0.1) is 0 Å². The molecule has 0 bridgehead atoms. The van der Waals surface area contributed by atoms with E-state index < -0.39 is 0 Å². The summed E-state index contributed by atoms with van der Waals surface area (Å²) in [6, 6.07) is 18.6. The van der Waals surface area contributed by atoms with Crippen molar-refractivity contribution in [1.29, 1.82) is 0 Å². The van der Waals surface area contributed by atoms with E-state index in [-0.39, 0.29) is 0 Å². The van der Waals surface area contributed by atoms with Crippen LogP contribution in [0.25, 0.3) is 0 Å². The molecule has 0 aliphatic rings. The average molecular weight is 331 g/mol. The highest BCUT2D eigenvalue weighted by atomic mass is 14.6. The van der Waals surface area contributed by atoms with Crippen LogP contribution in [0.3, 0.4) is 0 Å². The van der Waals surface area contributed by atoms with Crippen LogP contribution >= 0.6 is 0 Å². The van der Waals surface area contributed by atoms with Gasteiger partial charge in [0.2, 0.25) is 0 Å². The Labute approximate surface area is 149 Å². The molecule has 3 aromatic rings. The summed E-state index contributed by atoms with van der Waals surface area (Å²) >= 11 is 0. The number of benzene rings is 3. The van der Waals surface area contributed by atoms with Gasteiger partial charge in [-0.15, -0.1) is 0 Å². The van der Waals surface area contributed by atoms with Gasteiger partial charge in [0.1, 0.15) is 0 Å². The standard InChI is InChI=1S/C22H25N3/c1-14-9-18(10-15(2)22(14)25)11-17-5-8-21(24)19(13-17)12-16-3-6-20(23)7-4-16/h3-10,13H,11-12,23-25H2,1-2H3. The van der Waals surface area contributed by atoms with Crippen molar-refractivity contribution in [2.75, 3.05) is 17.2 Å². The fourth-order valence-corrected chi connectivity index (χ4v) is 3.18. The summed E-state index contributed by atoms with van der Waals surface area (Å²) in [6.45, 7) is 4.11. The number of hydrogen-bond acceptors (Lipinski definition) is 3. The maximum absolute atomic E-state index is 6.19. The number of nitrogen functional groups attached to an aromatic ring is 3. The Morgan fingerprint density at radius 2 is 1.24 bits per heavy atom. The van der Waals surface area contributed by atoms with E-state index in [0.29, 0.717) is 0 Å². The SMILES string of the molecule is Cc1cc(Cc2ccc(N)c(Cc3ccc(N)cc3)c2)cc(C)c1N. The lowest BCUT2D eigenvalue weighted by Crippen LogP contribution is -2.00.